The van der Waals surface area contributed by atoms with Crippen molar-refractivity contribution in [2.75, 3.05) is 0 Å². The number of ether oxygens (including phenoxy) is 1. The molecule has 0 aliphatic carbocycles. The fraction of sp³-hybridized carbons (Fsp3) is 0.118. The van der Waals surface area contributed by atoms with Crippen molar-refractivity contribution in [3.05, 3.63) is 73.8 Å². The number of rotatable bonds is 3. The van der Waals surface area contributed by atoms with E-state index in [-0.39, 0.29) is 17.3 Å². The Morgan fingerprint density at radius 2 is 2.04 bits per heavy atom. The van der Waals surface area contributed by atoms with Gasteiger partial charge in [0.15, 0.2) is 0 Å². The van der Waals surface area contributed by atoms with Crippen molar-refractivity contribution in [2.45, 2.75) is 13.5 Å². The summed E-state index contributed by atoms with van der Waals surface area (Å²) in [5.74, 6) is -0.571. The molecule has 3 rings (SSSR count). The molecule has 0 saturated carbocycles. The summed E-state index contributed by atoms with van der Waals surface area (Å²) < 4.78 is 10.4. The first-order valence-electron chi connectivity index (χ1n) is 6.95. The van der Waals surface area contributed by atoms with E-state index in [1.807, 2.05) is 6.92 Å². The van der Waals surface area contributed by atoms with Crippen LogP contribution in [0.3, 0.4) is 0 Å². The Balaban J connectivity index is 1.89. The number of carbonyl (C=O) groups is 1. The van der Waals surface area contributed by atoms with Crippen LogP contribution in [0.1, 0.15) is 21.5 Å². The number of hydrogen-bond donors (Lipinski definition) is 0. The topological polar surface area (TPSA) is 69.4 Å². The SMILES string of the molecule is Cc1cc2oc(=O)cc(COC(=O)c3ccc(Cl)nc3)c2cc1Cl. The Hall–Kier alpha value is -2.37. The first kappa shape index (κ1) is 16.5. The standard InChI is InChI=1S/C17H11Cl2NO4/c1-9-4-14-12(6-13(9)18)11(5-16(21)24-14)8-23-17(22)10-2-3-15(19)20-7-10/h2-7H,8H2,1H3. The van der Waals surface area contributed by atoms with Crippen LogP contribution in [0, 0.1) is 6.92 Å². The molecule has 0 unspecified atom stereocenters. The van der Waals surface area contributed by atoms with Gasteiger partial charge in [-0.25, -0.2) is 14.6 Å². The molecule has 3 aromatic rings. The lowest BCUT2D eigenvalue weighted by Gasteiger charge is -2.08. The molecule has 0 atom stereocenters. The molecule has 24 heavy (non-hydrogen) atoms. The van der Waals surface area contributed by atoms with E-state index in [1.54, 1.807) is 12.1 Å². The highest BCUT2D eigenvalue weighted by atomic mass is 35.5. The van der Waals surface area contributed by atoms with Crippen LogP contribution in [0.2, 0.25) is 10.2 Å². The maximum atomic E-state index is 12.0. The van der Waals surface area contributed by atoms with Gasteiger partial charge in [-0.2, -0.15) is 0 Å². The third-order valence-corrected chi connectivity index (χ3v) is 4.06. The lowest BCUT2D eigenvalue weighted by Crippen LogP contribution is -2.08. The highest BCUT2D eigenvalue weighted by molar-refractivity contribution is 6.32. The largest absolute Gasteiger partial charge is 0.457 e. The Morgan fingerprint density at radius 1 is 1.25 bits per heavy atom. The second-order valence-corrected chi connectivity index (χ2v) is 5.93. The number of fused-ring (bicyclic) bond motifs is 1. The first-order chi connectivity index (χ1) is 11.4. The van der Waals surface area contributed by atoms with E-state index in [4.69, 9.17) is 32.4 Å². The maximum absolute atomic E-state index is 12.0. The quantitative estimate of drug-likeness (QED) is 0.397. The summed E-state index contributed by atoms with van der Waals surface area (Å²) >= 11 is 11.8. The van der Waals surface area contributed by atoms with Crippen molar-refractivity contribution in [2.24, 2.45) is 0 Å². The van der Waals surface area contributed by atoms with Gasteiger partial charge in [0.25, 0.3) is 0 Å². The van der Waals surface area contributed by atoms with Crippen LogP contribution in [0.15, 0.2) is 45.7 Å². The average molecular weight is 364 g/mol. The summed E-state index contributed by atoms with van der Waals surface area (Å²) in [6.07, 6.45) is 1.32. The van der Waals surface area contributed by atoms with E-state index in [2.05, 4.69) is 4.98 Å². The van der Waals surface area contributed by atoms with Crippen molar-refractivity contribution in [3.8, 4) is 0 Å². The van der Waals surface area contributed by atoms with Gasteiger partial charge in [-0.15, -0.1) is 0 Å². The maximum Gasteiger partial charge on any atom is 0.340 e. The van der Waals surface area contributed by atoms with Crippen LogP contribution in [-0.2, 0) is 11.3 Å². The molecule has 0 aliphatic heterocycles. The molecule has 0 spiro atoms. The number of aryl methyl sites for hydroxylation is 1. The summed E-state index contributed by atoms with van der Waals surface area (Å²) in [6.45, 7) is 1.71. The number of nitrogens with zero attached hydrogens (tertiary/aromatic N) is 1. The fourth-order valence-corrected chi connectivity index (χ4v) is 2.47. The third-order valence-electron chi connectivity index (χ3n) is 3.43. The number of pyridine rings is 1. The van der Waals surface area contributed by atoms with Crippen molar-refractivity contribution < 1.29 is 13.9 Å². The van der Waals surface area contributed by atoms with Gasteiger partial charge in [0.2, 0.25) is 0 Å². The van der Waals surface area contributed by atoms with Gasteiger partial charge in [-0.1, -0.05) is 23.2 Å². The third kappa shape index (κ3) is 3.42. The zero-order valence-electron chi connectivity index (χ0n) is 12.5. The van der Waals surface area contributed by atoms with Gasteiger partial charge in [0.05, 0.1) is 5.56 Å². The van der Waals surface area contributed by atoms with Gasteiger partial charge in [-0.3, -0.25) is 0 Å². The van der Waals surface area contributed by atoms with Crippen LogP contribution in [0.5, 0.6) is 0 Å². The monoisotopic (exact) mass is 363 g/mol. The Bertz CT molecular complexity index is 980. The lowest BCUT2D eigenvalue weighted by molar-refractivity contribution is 0.0473. The predicted octanol–water partition coefficient (Wildman–Crippen LogP) is 4.16. The first-order valence-corrected chi connectivity index (χ1v) is 7.71. The van der Waals surface area contributed by atoms with E-state index in [1.165, 1.54) is 24.4 Å². The highest BCUT2D eigenvalue weighted by Gasteiger charge is 2.12. The minimum Gasteiger partial charge on any atom is -0.457 e. The second-order valence-electron chi connectivity index (χ2n) is 5.13. The molecule has 1 aromatic carbocycles. The molecule has 0 fully saturated rings. The number of esters is 1. The van der Waals surface area contributed by atoms with Gasteiger partial charge >= 0.3 is 11.6 Å². The normalized spacial score (nSPS) is 10.8. The molecule has 0 bridgehead atoms. The van der Waals surface area contributed by atoms with Crippen LogP contribution >= 0.6 is 23.2 Å². The van der Waals surface area contributed by atoms with E-state index in [0.29, 0.717) is 21.6 Å². The predicted molar refractivity (Wildman–Crippen MR) is 90.6 cm³/mol. The van der Waals surface area contributed by atoms with Gasteiger partial charge in [-0.05, 0) is 36.8 Å². The average Bonchev–Trinajstić information content (AvgIpc) is 2.54. The van der Waals surface area contributed by atoms with Crippen molar-refractivity contribution >= 4 is 40.1 Å². The molecular weight excluding hydrogens is 353 g/mol. The van der Waals surface area contributed by atoms with Crippen molar-refractivity contribution in [3.63, 3.8) is 0 Å². The molecule has 7 heteroatoms. The summed E-state index contributed by atoms with van der Waals surface area (Å²) in [6, 6.07) is 7.64. The van der Waals surface area contributed by atoms with E-state index in [0.717, 1.165) is 5.56 Å². The molecule has 0 saturated heterocycles. The zero-order chi connectivity index (χ0) is 17.3. The van der Waals surface area contributed by atoms with Crippen LogP contribution in [-0.4, -0.2) is 11.0 Å². The minimum atomic E-state index is -0.571. The number of halogens is 2. The molecule has 0 radical (unpaired) electrons. The van der Waals surface area contributed by atoms with E-state index in [9.17, 15) is 9.59 Å². The van der Waals surface area contributed by atoms with Crippen molar-refractivity contribution in [1.82, 2.24) is 4.98 Å². The molecule has 122 valence electrons. The second kappa shape index (κ2) is 6.63. The molecule has 2 heterocycles. The van der Waals surface area contributed by atoms with Crippen LogP contribution in [0.4, 0.5) is 0 Å². The zero-order valence-corrected chi connectivity index (χ0v) is 14.0. The van der Waals surface area contributed by atoms with Crippen molar-refractivity contribution in [1.29, 1.82) is 0 Å². The van der Waals surface area contributed by atoms with E-state index >= 15 is 0 Å². The smallest absolute Gasteiger partial charge is 0.340 e. The number of benzene rings is 1. The van der Waals surface area contributed by atoms with E-state index < -0.39 is 11.6 Å². The van der Waals surface area contributed by atoms with Gasteiger partial charge < -0.3 is 9.15 Å². The number of hydrogen-bond acceptors (Lipinski definition) is 5. The van der Waals surface area contributed by atoms with Crippen LogP contribution < -0.4 is 5.63 Å². The Kier molecular flexibility index (Phi) is 4.55. The summed E-state index contributed by atoms with van der Waals surface area (Å²) in [4.78, 5) is 27.5. The summed E-state index contributed by atoms with van der Waals surface area (Å²) in [5.41, 5.74) is 1.43. The number of carbonyl (C=O) groups excluding carboxylic acids is 1. The number of aromatic nitrogens is 1. The van der Waals surface area contributed by atoms with Gasteiger partial charge in [0, 0.05) is 28.2 Å². The molecule has 0 aliphatic rings. The summed E-state index contributed by atoms with van der Waals surface area (Å²) in [7, 11) is 0. The van der Waals surface area contributed by atoms with Crippen LogP contribution in [0.25, 0.3) is 11.0 Å². The molecule has 0 N–H and O–H groups in total. The Labute approximate surface area is 146 Å². The molecule has 5 nitrogen and oxygen atoms in total. The molecule has 0 amide bonds. The highest BCUT2D eigenvalue weighted by Crippen LogP contribution is 2.25. The fourth-order valence-electron chi connectivity index (χ4n) is 2.19. The molecular formula is C17H11Cl2NO4. The summed E-state index contributed by atoms with van der Waals surface area (Å²) in [5, 5.41) is 1.43. The Morgan fingerprint density at radius 3 is 2.75 bits per heavy atom. The van der Waals surface area contributed by atoms with Gasteiger partial charge in [0.1, 0.15) is 17.3 Å². The minimum absolute atomic E-state index is 0.0943. The molecule has 2 aromatic heterocycles. The lowest BCUT2D eigenvalue weighted by atomic mass is 10.1.